The first kappa shape index (κ1) is 13.1. The summed E-state index contributed by atoms with van der Waals surface area (Å²) in [6, 6.07) is 5.80. The van der Waals surface area contributed by atoms with Gasteiger partial charge < -0.3 is 9.88 Å². The third-order valence-corrected chi connectivity index (χ3v) is 2.85. The average Bonchev–Trinajstić information content (AvgIpc) is 2.92. The van der Waals surface area contributed by atoms with Crippen molar-refractivity contribution >= 4 is 5.82 Å². The van der Waals surface area contributed by atoms with E-state index in [0.29, 0.717) is 11.4 Å². The van der Waals surface area contributed by atoms with Gasteiger partial charge in [0.1, 0.15) is 11.9 Å². The molecule has 2 heterocycles. The summed E-state index contributed by atoms with van der Waals surface area (Å²) in [5, 5.41) is 12.2. The zero-order chi connectivity index (χ0) is 13.5. The first-order valence-corrected chi connectivity index (χ1v) is 6.37. The van der Waals surface area contributed by atoms with Gasteiger partial charge in [0.25, 0.3) is 0 Å². The van der Waals surface area contributed by atoms with Crippen LogP contribution in [0.3, 0.4) is 0 Å². The summed E-state index contributed by atoms with van der Waals surface area (Å²) >= 11 is 0. The maximum absolute atomic E-state index is 9.00. The number of nitrogens with zero attached hydrogens (tertiary/aromatic N) is 4. The smallest absolute Gasteiger partial charge is 0.144 e. The molecule has 98 valence electrons. The number of unbranched alkanes of at least 4 members (excludes halogenated alkanes) is 1. The fraction of sp³-hybridized carbons (Fsp3) is 0.357. The average molecular weight is 255 g/mol. The van der Waals surface area contributed by atoms with E-state index in [1.165, 1.54) is 0 Å². The molecule has 0 amide bonds. The van der Waals surface area contributed by atoms with Gasteiger partial charge in [0.15, 0.2) is 0 Å². The Morgan fingerprint density at radius 1 is 1.37 bits per heavy atom. The van der Waals surface area contributed by atoms with E-state index in [-0.39, 0.29) is 0 Å². The highest BCUT2D eigenvalue weighted by molar-refractivity contribution is 5.52. The number of aromatic nitrogens is 3. The molecule has 1 N–H and O–H groups in total. The van der Waals surface area contributed by atoms with Gasteiger partial charge in [0.05, 0.1) is 11.9 Å². The largest absolute Gasteiger partial charge is 0.369 e. The second kappa shape index (κ2) is 6.55. The summed E-state index contributed by atoms with van der Waals surface area (Å²) in [6.45, 7) is 3.71. The van der Waals surface area contributed by atoms with Crippen molar-refractivity contribution in [2.75, 3.05) is 11.9 Å². The SMILES string of the molecule is Cc1ccc(C#N)c(NCCCCn2ccnc2)n1. The van der Waals surface area contributed by atoms with Gasteiger partial charge >= 0.3 is 0 Å². The lowest BCUT2D eigenvalue weighted by molar-refractivity contribution is 0.620. The molecule has 0 fully saturated rings. The van der Waals surface area contributed by atoms with Gasteiger partial charge in [-0.15, -0.1) is 0 Å². The summed E-state index contributed by atoms with van der Waals surface area (Å²) in [5.41, 5.74) is 1.51. The maximum atomic E-state index is 9.00. The summed E-state index contributed by atoms with van der Waals surface area (Å²) in [4.78, 5) is 8.35. The van der Waals surface area contributed by atoms with Gasteiger partial charge in [-0.1, -0.05) is 0 Å². The Morgan fingerprint density at radius 3 is 3.00 bits per heavy atom. The van der Waals surface area contributed by atoms with Crippen LogP contribution in [0.1, 0.15) is 24.1 Å². The Labute approximate surface area is 112 Å². The Morgan fingerprint density at radius 2 is 2.26 bits per heavy atom. The Hall–Kier alpha value is -2.35. The number of anilines is 1. The lowest BCUT2D eigenvalue weighted by atomic mass is 10.2. The second-order valence-corrected chi connectivity index (χ2v) is 4.39. The van der Waals surface area contributed by atoms with Crippen molar-refractivity contribution in [2.45, 2.75) is 26.3 Å². The summed E-state index contributed by atoms with van der Waals surface area (Å²) in [6.07, 6.45) is 7.66. The number of imidazole rings is 1. The molecule has 0 spiro atoms. The molecule has 0 unspecified atom stereocenters. The molecule has 0 aromatic carbocycles. The molecule has 5 nitrogen and oxygen atoms in total. The first-order chi connectivity index (χ1) is 9.29. The molecule has 5 heteroatoms. The third-order valence-electron chi connectivity index (χ3n) is 2.85. The number of rotatable bonds is 6. The Kier molecular flexibility index (Phi) is 4.51. The van der Waals surface area contributed by atoms with Crippen LogP contribution in [-0.4, -0.2) is 21.1 Å². The Bertz CT molecular complexity index is 554. The van der Waals surface area contributed by atoms with E-state index in [1.807, 2.05) is 25.5 Å². The van der Waals surface area contributed by atoms with Crippen LogP contribution in [0, 0.1) is 18.3 Å². The van der Waals surface area contributed by atoms with Crippen LogP contribution in [0.4, 0.5) is 5.82 Å². The number of hydrogen-bond donors (Lipinski definition) is 1. The van der Waals surface area contributed by atoms with Crippen molar-refractivity contribution in [1.82, 2.24) is 14.5 Å². The van der Waals surface area contributed by atoms with Crippen molar-refractivity contribution in [3.8, 4) is 6.07 Å². The highest BCUT2D eigenvalue weighted by Crippen LogP contribution is 2.12. The zero-order valence-electron chi connectivity index (χ0n) is 11.0. The molecule has 0 saturated heterocycles. The number of aryl methyl sites for hydroxylation is 2. The molecule has 0 radical (unpaired) electrons. The van der Waals surface area contributed by atoms with Crippen molar-refractivity contribution < 1.29 is 0 Å². The molecule has 0 aliphatic carbocycles. The van der Waals surface area contributed by atoms with Gasteiger partial charge in [-0.25, -0.2) is 9.97 Å². The normalized spacial score (nSPS) is 10.1. The molecular formula is C14H17N5. The van der Waals surface area contributed by atoms with E-state index in [0.717, 1.165) is 31.6 Å². The molecule has 0 atom stereocenters. The lowest BCUT2D eigenvalue weighted by Gasteiger charge is -2.08. The van der Waals surface area contributed by atoms with Gasteiger partial charge in [-0.2, -0.15) is 5.26 Å². The minimum Gasteiger partial charge on any atom is -0.369 e. The summed E-state index contributed by atoms with van der Waals surface area (Å²) in [7, 11) is 0. The highest BCUT2D eigenvalue weighted by Gasteiger charge is 2.02. The zero-order valence-corrected chi connectivity index (χ0v) is 11.0. The van der Waals surface area contributed by atoms with Crippen LogP contribution in [0.25, 0.3) is 0 Å². The molecule has 19 heavy (non-hydrogen) atoms. The minimum absolute atomic E-state index is 0.597. The molecule has 2 aromatic rings. The van der Waals surface area contributed by atoms with E-state index < -0.39 is 0 Å². The number of nitriles is 1. The van der Waals surface area contributed by atoms with Crippen LogP contribution in [0.5, 0.6) is 0 Å². The minimum atomic E-state index is 0.597. The van der Waals surface area contributed by atoms with Crippen molar-refractivity contribution in [3.05, 3.63) is 42.1 Å². The van der Waals surface area contributed by atoms with Crippen LogP contribution in [0.2, 0.25) is 0 Å². The van der Waals surface area contributed by atoms with Crippen molar-refractivity contribution in [3.63, 3.8) is 0 Å². The Balaban J connectivity index is 1.76. The molecule has 0 saturated carbocycles. The molecule has 0 aliphatic heterocycles. The standard InChI is InChI=1S/C14H17N5/c1-12-4-5-13(10-15)14(18-12)17-6-2-3-8-19-9-7-16-11-19/h4-5,7,9,11H,2-3,6,8H2,1H3,(H,17,18). The van der Waals surface area contributed by atoms with Crippen LogP contribution >= 0.6 is 0 Å². The lowest BCUT2D eigenvalue weighted by Crippen LogP contribution is -2.07. The first-order valence-electron chi connectivity index (χ1n) is 6.37. The van der Waals surface area contributed by atoms with Gasteiger partial charge in [0.2, 0.25) is 0 Å². The number of hydrogen-bond acceptors (Lipinski definition) is 4. The maximum Gasteiger partial charge on any atom is 0.144 e. The predicted molar refractivity (Wildman–Crippen MR) is 73.6 cm³/mol. The predicted octanol–water partition coefficient (Wildman–Crippen LogP) is 2.35. The topological polar surface area (TPSA) is 66.5 Å². The van der Waals surface area contributed by atoms with Crippen LogP contribution in [-0.2, 0) is 6.54 Å². The fourth-order valence-electron chi connectivity index (χ4n) is 1.83. The third kappa shape index (κ3) is 3.81. The van der Waals surface area contributed by atoms with Gasteiger partial charge in [-0.05, 0) is 31.9 Å². The summed E-state index contributed by atoms with van der Waals surface area (Å²) < 4.78 is 2.06. The van der Waals surface area contributed by atoms with E-state index in [4.69, 9.17) is 5.26 Å². The van der Waals surface area contributed by atoms with Gasteiger partial charge in [-0.3, -0.25) is 0 Å². The molecule has 2 aromatic heterocycles. The number of pyridine rings is 1. The van der Waals surface area contributed by atoms with E-state index >= 15 is 0 Å². The molecule has 0 aliphatic rings. The second-order valence-electron chi connectivity index (χ2n) is 4.39. The quantitative estimate of drug-likeness (QED) is 0.805. The molecular weight excluding hydrogens is 238 g/mol. The van der Waals surface area contributed by atoms with Crippen molar-refractivity contribution in [1.29, 1.82) is 5.26 Å². The number of nitrogens with one attached hydrogen (secondary N) is 1. The molecule has 0 bridgehead atoms. The van der Waals surface area contributed by atoms with Crippen LogP contribution < -0.4 is 5.32 Å². The molecule has 2 rings (SSSR count). The summed E-state index contributed by atoms with van der Waals surface area (Å²) in [5.74, 6) is 0.685. The highest BCUT2D eigenvalue weighted by atomic mass is 15.0. The van der Waals surface area contributed by atoms with Crippen LogP contribution in [0.15, 0.2) is 30.9 Å². The fourth-order valence-corrected chi connectivity index (χ4v) is 1.83. The van der Waals surface area contributed by atoms with Gasteiger partial charge in [0, 0.05) is 31.2 Å². The van der Waals surface area contributed by atoms with E-state index in [2.05, 4.69) is 25.9 Å². The van der Waals surface area contributed by atoms with E-state index in [1.54, 1.807) is 12.3 Å². The van der Waals surface area contributed by atoms with E-state index in [9.17, 15) is 0 Å². The monoisotopic (exact) mass is 255 g/mol. The van der Waals surface area contributed by atoms with Crippen molar-refractivity contribution in [2.24, 2.45) is 0 Å².